The normalized spacial score (nSPS) is 18.6. The quantitative estimate of drug-likeness (QED) is 0.857. The number of carbonyl (C=O) groups excluding carboxylic acids is 1. The third-order valence-corrected chi connectivity index (χ3v) is 3.53. The number of aromatic nitrogens is 1. The monoisotopic (exact) mass is 276 g/mol. The molecule has 0 aromatic carbocycles. The third kappa shape index (κ3) is 3.48. The number of anilines is 1. The van der Waals surface area contributed by atoms with Crippen LogP contribution in [0.5, 0.6) is 0 Å². The predicted molar refractivity (Wildman–Crippen MR) is 80.9 cm³/mol. The number of likely N-dealkylation sites (tertiary alicyclic amines) is 1. The van der Waals surface area contributed by atoms with E-state index in [9.17, 15) is 4.79 Å². The van der Waals surface area contributed by atoms with Crippen molar-refractivity contribution in [1.29, 1.82) is 0 Å². The van der Waals surface area contributed by atoms with Crippen LogP contribution in [-0.2, 0) is 0 Å². The predicted octanol–water partition coefficient (Wildman–Crippen LogP) is 1.58. The average molecular weight is 276 g/mol. The highest BCUT2D eigenvalue weighted by molar-refractivity contribution is 5.98. The first kappa shape index (κ1) is 14.8. The van der Waals surface area contributed by atoms with Crippen molar-refractivity contribution in [2.24, 2.45) is 5.92 Å². The van der Waals surface area contributed by atoms with Crippen LogP contribution >= 0.6 is 0 Å². The molecule has 5 nitrogen and oxygen atoms in total. The molecule has 2 rings (SSSR count). The molecule has 2 N–H and O–H groups in total. The summed E-state index contributed by atoms with van der Waals surface area (Å²) in [5.41, 5.74) is 0.673. The van der Waals surface area contributed by atoms with Crippen LogP contribution in [0, 0.1) is 5.92 Å². The zero-order chi connectivity index (χ0) is 14.5. The summed E-state index contributed by atoms with van der Waals surface area (Å²) < 4.78 is 0. The lowest BCUT2D eigenvalue weighted by Gasteiger charge is -2.19. The van der Waals surface area contributed by atoms with Gasteiger partial charge in [-0.15, -0.1) is 0 Å². The Labute approximate surface area is 120 Å². The Bertz CT molecular complexity index is 461. The Morgan fingerprint density at radius 2 is 2.35 bits per heavy atom. The number of pyridine rings is 1. The third-order valence-electron chi connectivity index (χ3n) is 3.53. The summed E-state index contributed by atoms with van der Waals surface area (Å²) in [6, 6.07) is 3.93. The van der Waals surface area contributed by atoms with Gasteiger partial charge in [0.1, 0.15) is 5.82 Å². The highest BCUT2D eigenvalue weighted by Crippen LogP contribution is 2.21. The number of hydrogen-bond donors (Lipinski definition) is 2. The van der Waals surface area contributed by atoms with Gasteiger partial charge in [-0.3, -0.25) is 4.79 Å². The fourth-order valence-corrected chi connectivity index (χ4v) is 2.61. The molecule has 0 saturated carbocycles. The van der Waals surface area contributed by atoms with Gasteiger partial charge in [-0.25, -0.2) is 4.98 Å². The zero-order valence-electron chi connectivity index (χ0n) is 12.5. The number of nitrogens with one attached hydrogen (secondary N) is 2. The van der Waals surface area contributed by atoms with Crippen LogP contribution in [0.4, 0.5) is 5.82 Å². The molecular formula is C15H24N4O. The molecule has 1 saturated heterocycles. The van der Waals surface area contributed by atoms with Gasteiger partial charge in [0.25, 0.3) is 5.91 Å². The SMILES string of the molecule is CNC[C@@H]1CCN(C(=O)c2cccnc2NC(C)C)C1. The molecule has 0 radical (unpaired) electrons. The van der Waals surface area contributed by atoms with Gasteiger partial charge >= 0.3 is 0 Å². The lowest BCUT2D eigenvalue weighted by atomic mass is 10.1. The van der Waals surface area contributed by atoms with Crippen molar-refractivity contribution in [3.05, 3.63) is 23.9 Å². The number of hydrogen-bond acceptors (Lipinski definition) is 4. The Kier molecular flexibility index (Phi) is 4.95. The molecule has 2 heterocycles. The summed E-state index contributed by atoms with van der Waals surface area (Å²) in [6.07, 6.45) is 2.79. The van der Waals surface area contributed by atoms with Crippen LogP contribution in [0.1, 0.15) is 30.6 Å². The first-order valence-corrected chi connectivity index (χ1v) is 7.27. The minimum atomic E-state index is 0.0832. The molecule has 1 amide bonds. The second-order valence-electron chi connectivity index (χ2n) is 5.66. The topological polar surface area (TPSA) is 57.3 Å². The van der Waals surface area contributed by atoms with Crippen LogP contribution in [0.15, 0.2) is 18.3 Å². The number of nitrogens with zero attached hydrogens (tertiary/aromatic N) is 2. The Balaban J connectivity index is 2.10. The zero-order valence-corrected chi connectivity index (χ0v) is 12.5. The summed E-state index contributed by atoms with van der Waals surface area (Å²) in [7, 11) is 1.95. The molecule has 1 atom stereocenters. The molecular weight excluding hydrogens is 252 g/mol. The fourth-order valence-electron chi connectivity index (χ4n) is 2.61. The molecule has 0 bridgehead atoms. The molecule has 1 aromatic rings. The molecule has 0 spiro atoms. The average Bonchev–Trinajstić information content (AvgIpc) is 2.87. The van der Waals surface area contributed by atoms with Crippen molar-refractivity contribution < 1.29 is 4.79 Å². The number of rotatable bonds is 5. The highest BCUT2D eigenvalue weighted by Gasteiger charge is 2.27. The summed E-state index contributed by atoms with van der Waals surface area (Å²) in [5, 5.41) is 6.43. The van der Waals surface area contributed by atoms with E-state index in [1.807, 2.05) is 37.9 Å². The first-order chi connectivity index (χ1) is 9.61. The van der Waals surface area contributed by atoms with E-state index < -0.39 is 0 Å². The van der Waals surface area contributed by atoms with Crippen molar-refractivity contribution in [1.82, 2.24) is 15.2 Å². The van der Waals surface area contributed by atoms with E-state index in [0.717, 1.165) is 26.1 Å². The van der Waals surface area contributed by atoms with Gasteiger partial charge < -0.3 is 15.5 Å². The maximum atomic E-state index is 12.6. The summed E-state index contributed by atoms with van der Waals surface area (Å²) in [6.45, 7) is 6.72. The summed E-state index contributed by atoms with van der Waals surface area (Å²) in [5.74, 6) is 1.33. The molecule has 0 unspecified atom stereocenters. The number of carbonyl (C=O) groups is 1. The molecule has 1 aliphatic rings. The lowest BCUT2D eigenvalue weighted by molar-refractivity contribution is 0.0788. The summed E-state index contributed by atoms with van der Waals surface area (Å²) >= 11 is 0. The summed E-state index contributed by atoms with van der Waals surface area (Å²) in [4.78, 5) is 18.9. The molecule has 1 aliphatic heterocycles. The second-order valence-corrected chi connectivity index (χ2v) is 5.66. The van der Waals surface area contributed by atoms with E-state index in [-0.39, 0.29) is 11.9 Å². The van der Waals surface area contributed by atoms with Crippen LogP contribution in [0.3, 0.4) is 0 Å². The Hall–Kier alpha value is -1.62. The van der Waals surface area contributed by atoms with Gasteiger partial charge in [0.2, 0.25) is 0 Å². The Morgan fingerprint density at radius 3 is 3.05 bits per heavy atom. The largest absolute Gasteiger partial charge is 0.367 e. The smallest absolute Gasteiger partial charge is 0.257 e. The molecule has 0 aliphatic carbocycles. The standard InChI is InChI=1S/C15H24N4O/c1-11(2)18-14-13(5-4-7-17-14)15(20)19-8-6-12(10-19)9-16-3/h4-5,7,11-12,16H,6,8-10H2,1-3H3,(H,17,18)/t12-/m0/s1. The maximum absolute atomic E-state index is 12.6. The van der Waals surface area contributed by atoms with Gasteiger partial charge in [-0.05, 0) is 51.9 Å². The maximum Gasteiger partial charge on any atom is 0.257 e. The second kappa shape index (κ2) is 6.70. The Morgan fingerprint density at radius 1 is 1.55 bits per heavy atom. The van der Waals surface area contributed by atoms with E-state index in [4.69, 9.17) is 0 Å². The van der Waals surface area contributed by atoms with Crippen molar-refractivity contribution in [2.75, 3.05) is 32.0 Å². The van der Waals surface area contributed by atoms with Gasteiger partial charge in [0.05, 0.1) is 5.56 Å². The van der Waals surface area contributed by atoms with Crippen molar-refractivity contribution >= 4 is 11.7 Å². The van der Waals surface area contributed by atoms with Crippen LogP contribution in [-0.4, -0.2) is 48.5 Å². The van der Waals surface area contributed by atoms with Gasteiger partial charge in [0.15, 0.2) is 0 Å². The minimum absolute atomic E-state index is 0.0832. The minimum Gasteiger partial charge on any atom is -0.367 e. The molecule has 110 valence electrons. The lowest BCUT2D eigenvalue weighted by Crippen LogP contribution is -2.31. The molecule has 1 fully saturated rings. The van der Waals surface area contributed by atoms with Crippen molar-refractivity contribution in [3.8, 4) is 0 Å². The van der Waals surface area contributed by atoms with Crippen molar-refractivity contribution in [2.45, 2.75) is 26.3 Å². The van der Waals surface area contributed by atoms with E-state index in [2.05, 4.69) is 15.6 Å². The number of amides is 1. The van der Waals surface area contributed by atoms with Gasteiger partial charge in [-0.1, -0.05) is 0 Å². The fraction of sp³-hybridized carbons (Fsp3) is 0.600. The van der Waals surface area contributed by atoms with Crippen LogP contribution < -0.4 is 10.6 Å². The molecule has 20 heavy (non-hydrogen) atoms. The van der Waals surface area contributed by atoms with E-state index in [0.29, 0.717) is 17.3 Å². The first-order valence-electron chi connectivity index (χ1n) is 7.27. The van der Waals surface area contributed by atoms with E-state index in [1.54, 1.807) is 6.20 Å². The van der Waals surface area contributed by atoms with Crippen LogP contribution in [0.2, 0.25) is 0 Å². The van der Waals surface area contributed by atoms with E-state index >= 15 is 0 Å². The highest BCUT2D eigenvalue weighted by atomic mass is 16.2. The molecule has 5 heteroatoms. The van der Waals surface area contributed by atoms with Crippen molar-refractivity contribution in [3.63, 3.8) is 0 Å². The van der Waals surface area contributed by atoms with Gasteiger partial charge in [0, 0.05) is 25.3 Å². The molecule has 1 aromatic heterocycles. The van der Waals surface area contributed by atoms with E-state index in [1.165, 1.54) is 0 Å². The van der Waals surface area contributed by atoms with Gasteiger partial charge in [-0.2, -0.15) is 0 Å². The van der Waals surface area contributed by atoms with Crippen LogP contribution in [0.25, 0.3) is 0 Å².